The Bertz CT molecular complexity index is 1350. The van der Waals surface area contributed by atoms with Crippen LogP contribution in [0.1, 0.15) is 36.5 Å². The largest absolute Gasteiger partial charge is 0.473 e. The minimum Gasteiger partial charge on any atom is -0.473 e. The summed E-state index contributed by atoms with van der Waals surface area (Å²) in [6.07, 6.45) is 1.76. The molecule has 6 rings (SSSR count). The summed E-state index contributed by atoms with van der Waals surface area (Å²) in [5, 5.41) is 18.2. The normalized spacial score (nSPS) is 24.4. The Morgan fingerprint density at radius 3 is 2.65 bits per heavy atom. The molecule has 4 atom stereocenters. The number of fused-ring (bicyclic) bond motifs is 1. The number of oxime groups is 1. The number of pyridine rings is 1. The number of nitrogens with one attached hydrogen (secondary N) is 1. The third-order valence-corrected chi connectivity index (χ3v) is 8.30. The van der Waals surface area contributed by atoms with Gasteiger partial charge in [-0.15, -0.1) is 0 Å². The summed E-state index contributed by atoms with van der Waals surface area (Å²) in [4.78, 5) is 31.2. The molecule has 3 aliphatic heterocycles. The van der Waals surface area contributed by atoms with Crippen LogP contribution in [0.2, 0.25) is 0 Å². The molecule has 212 valence electrons. The number of likely N-dealkylation sites (N-methyl/N-ethyl adjacent to an activating group) is 1. The molecule has 3 fully saturated rings. The van der Waals surface area contributed by atoms with Crippen molar-refractivity contribution >= 4 is 38.4 Å². The second-order valence-electron chi connectivity index (χ2n) is 10.5. The molecule has 12 heteroatoms. The van der Waals surface area contributed by atoms with Crippen LogP contribution in [0, 0.1) is 5.92 Å². The van der Waals surface area contributed by atoms with Crippen molar-refractivity contribution in [1.29, 1.82) is 0 Å². The van der Waals surface area contributed by atoms with Crippen molar-refractivity contribution in [3.05, 3.63) is 47.5 Å². The van der Waals surface area contributed by atoms with Gasteiger partial charge in [0, 0.05) is 43.7 Å². The molecule has 0 saturated carbocycles. The summed E-state index contributed by atoms with van der Waals surface area (Å²) >= 11 is 1.27. The van der Waals surface area contributed by atoms with E-state index in [-0.39, 0.29) is 23.8 Å². The molecule has 3 aliphatic rings. The number of nitrogens with zero attached hydrogens (tertiary/aromatic N) is 4. The Kier molecular flexibility index (Phi) is 8.21. The van der Waals surface area contributed by atoms with Crippen molar-refractivity contribution in [3.8, 4) is 5.88 Å². The Morgan fingerprint density at radius 2 is 1.93 bits per heavy atom. The fourth-order valence-electron chi connectivity index (χ4n) is 5.10. The minimum atomic E-state index is -0.628. The topological polar surface area (TPSA) is 128 Å². The van der Waals surface area contributed by atoms with E-state index in [1.807, 2.05) is 24.3 Å². The fourth-order valence-corrected chi connectivity index (χ4v) is 5.92. The van der Waals surface area contributed by atoms with E-state index in [9.17, 15) is 9.90 Å². The number of hydrogen-bond acceptors (Lipinski definition) is 11. The van der Waals surface area contributed by atoms with Crippen LogP contribution < -0.4 is 10.1 Å². The predicted octanol–water partition coefficient (Wildman–Crippen LogP) is 2.99. The number of rotatable bonds is 9. The number of aliphatic hydroxyl groups excluding tert-OH is 1. The highest BCUT2D eigenvalue weighted by Gasteiger charge is 2.27. The third-order valence-electron chi connectivity index (χ3n) is 7.42. The molecular formula is C28H33N5O6S. The van der Waals surface area contributed by atoms with Crippen LogP contribution in [0.4, 0.5) is 5.13 Å². The van der Waals surface area contributed by atoms with E-state index < -0.39 is 12.0 Å². The first kappa shape index (κ1) is 27.0. The SMILES string of the molecule is CN1CCC(Oc2ccc3nc(NC(=O)/C(=N\O[C@@H]4CCOC4)c4ccc(C(O)[C@H]5CCOC5)cc4)sc3n2)C1. The van der Waals surface area contributed by atoms with E-state index in [1.54, 1.807) is 12.1 Å². The average Bonchev–Trinajstić information content (AvgIpc) is 3.77. The Hall–Kier alpha value is -3.16. The summed E-state index contributed by atoms with van der Waals surface area (Å²) in [5.74, 6) is 0.155. The molecule has 3 aromatic rings. The van der Waals surface area contributed by atoms with Crippen molar-refractivity contribution in [2.45, 2.75) is 37.6 Å². The molecule has 3 saturated heterocycles. The number of amides is 1. The van der Waals surface area contributed by atoms with Gasteiger partial charge >= 0.3 is 0 Å². The van der Waals surface area contributed by atoms with Gasteiger partial charge in [0.15, 0.2) is 16.9 Å². The van der Waals surface area contributed by atoms with Gasteiger partial charge in [0.25, 0.3) is 5.91 Å². The quantitative estimate of drug-likeness (QED) is 0.296. The monoisotopic (exact) mass is 567 g/mol. The molecule has 5 heterocycles. The van der Waals surface area contributed by atoms with E-state index in [4.69, 9.17) is 19.0 Å². The second kappa shape index (κ2) is 12.1. The molecule has 0 aliphatic carbocycles. The van der Waals surface area contributed by atoms with Gasteiger partial charge in [0.2, 0.25) is 5.88 Å². The maximum absolute atomic E-state index is 13.4. The predicted molar refractivity (Wildman–Crippen MR) is 150 cm³/mol. The maximum atomic E-state index is 13.4. The standard InChI is InChI=1S/C28H33N5O6S/c1-33-11-8-20(14-33)38-23-7-6-22-27(30-23)40-28(29-22)31-26(35)24(32-39-21-10-13-37-16-21)17-2-4-18(5-3-17)25(34)19-9-12-36-15-19/h2-7,19-21,25,34H,8-16H2,1H3,(H,29,31,35)/b32-24-/t19-,20?,21+,25?/m0/s1. The summed E-state index contributed by atoms with van der Waals surface area (Å²) in [6, 6.07) is 10.8. The molecule has 0 bridgehead atoms. The zero-order valence-electron chi connectivity index (χ0n) is 22.3. The van der Waals surface area contributed by atoms with Crippen molar-refractivity contribution in [3.63, 3.8) is 0 Å². The number of aliphatic hydroxyl groups is 1. The molecule has 2 aromatic heterocycles. The number of carbonyl (C=O) groups is 1. The van der Waals surface area contributed by atoms with Crippen molar-refractivity contribution in [2.75, 3.05) is 51.9 Å². The van der Waals surface area contributed by atoms with Gasteiger partial charge in [-0.05, 0) is 31.5 Å². The number of thiazole rings is 1. The van der Waals surface area contributed by atoms with Crippen LogP contribution in [0.3, 0.4) is 0 Å². The first-order chi connectivity index (χ1) is 19.5. The van der Waals surface area contributed by atoms with Crippen LogP contribution in [-0.2, 0) is 19.1 Å². The van der Waals surface area contributed by atoms with Gasteiger partial charge in [0.1, 0.15) is 16.5 Å². The number of benzene rings is 1. The molecule has 2 N–H and O–H groups in total. The summed E-state index contributed by atoms with van der Waals surface area (Å²) in [7, 11) is 2.08. The fraction of sp³-hybridized carbons (Fsp3) is 0.500. The molecule has 0 spiro atoms. The lowest BCUT2D eigenvalue weighted by molar-refractivity contribution is -0.110. The van der Waals surface area contributed by atoms with Gasteiger partial charge in [-0.1, -0.05) is 40.8 Å². The first-order valence-corrected chi connectivity index (χ1v) is 14.5. The highest BCUT2D eigenvalue weighted by Crippen LogP contribution is 2.30. The Morgan fingerprint density at radius 1 is 1.10 bits per heavy atom. The van der Waals surface area contributed by atoms with Crippen LogP contribution in [0.5, 0.6) is 5.88 Å². The first-order valence-electron chi connectivity index (χ1n) is 13.6. The lowest BCUT2D eigenvalue weighted by Crippen LogP contribution is -2.25. The average molecular weight is 568 g/mol. The number of aromatic nitrogens is 2. The highest BCUT2D eigenvalue weighted by atomic mass is 32.1. The van der Waals surface area contributed by atoms with Crippen molar-refractivity contribution < 1.29 is 28.9 Å². The zero-order valence-corrected chi connectivity index (χ0v) is 23.1. The third kappa shape index (κ3) is 6.26. The smallest absolute Gasteiger partial charge is 0.280 e. The van der Waals surface area contributed by atoms with Gasteiger partial charge < -0.3 is 29.1 Å². The minimum absolute atomic E-state index is 0.0612. The number of hydrogen-bond donors (Lipinski definition) is 2. The molecule has 11 nitrogen and oxygen atoms in total. The van der Waals surface area contributed by atoms with Gasteiger partial charge in [-0.25, -0.2) is 9.97 Å². The molecule has 1 aromatic carbocycles. The molecule has 1 amide bonds. The number of ether oxygens (including phenoxy) is 3. The number of anilines is 1. The van der Waals surface area contributed by atoms with Gasteiger partial charge in [-0.2, -0.15) is 0 Å². The lowest BCUT2D eigenvalue weighted by atomic mass is 9.94. The summed E-state index contributed by atoms with van der Waals surface area (Å²) in [6.45, 7) is 4.10. The second-order valence-corrected chi connectivity index (χ2v) is 11.4. The van der Waals surface area contributed by atoms with Gasteiger partial charge in [-0.3, -0.25) is 10.1 Å². The van der Waals surface area contributed by atoms with E-state index in [1.165, 1.54) is 11.3 Å². The van der Waals surface area contributed by atoms with Crippen molar-refractivity contribution in [1.82, 2.24) is 14.9 Å². The van der Waals surface area contributed by atoms with E-state index >= 15 is 0 Å². The highest BCUT2D eigenvalue weighted by molar-refractivity contribution is 7.22. The van der Waals surface area contributed by atoms with Crippen LogP contribution in [-0.4, -0.2) is 90.4 Å². The van der Waals surface area contributed by atoms with Crippen LogP contribution in [0.15, 0.2) is 41.6 Å². The molecular weight excluding hydrogens is 534 g/mol. The number of carbonyl (C=O) groups excluding carboxylic acids is 1. The van der Waals surface area contributed by atoms with E-state index in [0.717, 1.165) is 31.5 Å². The lowest BCUT2D eigenvalue weighted by Gasteiger charge is -2.17. The number of likely N-dealkylation sites (tertiary alicyclic amines) is 1. The van der Waals surface area contributed by atoms with Crippen LogP contribution >= 0.6 is 11.3 Å². The molecule has 40 heavy (non-hydrogen) atoms. The van der Waals surface area contributed by atoms with Crippen molar-refractivity contribution in [2.24, 2.45) is 11.1 Å². The van der Waals surface area contributed by atoms with Gasteiger partial charge in [0.05, 0.1) is 25.9 Å². The summed E-state index contributed by atoms with van der Waals surface area (Å²) in [5.41, 5.74) is 2.11. The molecule has 0 radical (unpaired) electrons. The Balaban J connectivity index is 1.18. The van der Waals surface area contributed by atoms with E-state index in [2.05, 4.69) is 32.4 Å². The summed E-state index contributed by atoms with van der Waals surface area (Å²) < 4.78 is 16.8. The molecule has 2 unspecified atom stereocenters. The zero-order chi connectivity index (χ0) is 27.5. The Labute approximate surface area is 236 Å². The van der Waals surface area contributed by atoms with E-state index in [0.29, 0.717) is 59.8 Å². The maximum Gasteiger partial charge on any atom is 0.280 e. The van der Waals surface area contributed by atoms with Crippen LogP contribution in [0.25, 0.3) is 10.3 Å².